The second-order valence-corrected chi connectivity index (χ2v) is 4.81. The molecule has 0 saturated heterocycles. The fourth-order valence-corrected chi connectivity index (χ4v) is 1.23. The van der Waals surface area contributed by atoms with Gasteiger partial charge in [-0.1, -0.05) is 0 Å². The van der Waals surface area contributed by atoms with Gasteiger partial charge in [0.1, 0.15) is 11.4 Å². The van der Waals surface area contributed by atoms with Crippen molar-refractivity contribution in [1.29, 1.82) is 0 Å². The monoisotopic (exact) mass is 260 g/mol. The summed E-state index contributed by atoms with van der Waals surface area (Å²) < 4.78 is 9.96. The highest BCUT2D eigenvalue weighted by Gasteiger charge is 2.14. The Morgan fingerprint density at radius 2 is 1.63 bits per heavy atom. The molecule has 19 heavy (non-hydrogen) atoms. The van der Waals surface area contributed by atoms with E-state index in [0.29, 0.717) is 11.3 Å². The molecule has 0 bridgehead atoms. The van der Waals surface area contributed by atoms with E-state index in [1.807, 2.05) is 0 Å². The normalized spacial score (nSPS) is 10.1. The second-order valence-electron chi connectivity index (χ2n) is 4.81. The van der Waals surface area contributed by atoms with Crippen molar-refractivity contribution in [3.8, 4) is 17.6 Å². The van der Waals surface area contributed by atoms with Crippen molar-refractivity contribution < 1.29 is 19.1 Å². The third-order valence-electron chi connectivity index (χ3n) is 2.03. The topological polar surface area (TPSA) is 52.6 Å². The van der Waals surface area contributed by atoms with Crippen LogP contribution >= 0.6 is 0 Å². The maximum Gasteiger partial charge on any atom is 0.385 e. The standard InChI is InChI=1S/C15H16O4/c1-15(2,3)19-14(17)10-9-13(16)11-5-7-12(18-4)8-6-11/h5-8H,1-4H3. The third kappa shape index (κ3) is 5.26. The molecule has 1 rings (SSSR count). The zero-order chi connectivity index (χ0) is 14.5. The Labute approximate surface area is 112 Å². The van der Waals surface area contributed by atoms with Gasteiger partial charge >= 0.3 is 5.97 Å². The average molecular weight is 260 g/mol. The zero-order valence-electron chi connectivity index (χ0n) is 11.4. The van der Waals surface area contributed by atoms with E-state index >= 15 is 0 Å². The van der Waals surface area contributed by atoms with Crippen LogP contribution in [-0.4, -0.2) is 24.5 Å². The lowest BCUT2D eigenvalue weighted by atomic mass is 10.1. The van der Waals surface area contributed by atoms with Crippen molar-refractivity contribution >= 4 is 11.8 Å². The van der Waals surface area contributed by atoms with Crippen LogP contribution in [0.15, 0.2) is 24.3 Å². The summed E-state index contributed by atoms with van der Waals surface area (Å²) in [6, 6.07) is 6.49. The molecule has 0 amide bonds. The van der Waals surface area contributed by atoms with E-state index in [0.717, 1.165) is 0 Å². The van der Waals surface area contributed by atoms with Crippen LogP contribution < -0.4 is 4.74 Å². The first-order valence-electron chi connectivity index (χ1n) is 5.75. The first-order valence-corrected chi connectivity index (χ1v) is 5.75. The second kappa shape index (κ2) is 6.05. The number of benzene rings is 1. The Balaban J connectivity index is 2.72. The van der Waals surface area contributed by atoms with Gasteiger partial charge < -0.3 is 9.47 Å². The molecule has 0 heterocycles. The Morgan fingerprint density at radius 3 is 2.11 bits per heavy atom. The SMILES string of the molecule is COc1ccc(C(=O)C#CC(=O)OC(C)(C)C)cc1. The summed E-state index contributed by atoms with van der Waals surface area (Å²) in [5.74, 6) is 3.93. The smallest absolute Gasteiger partial charge is 0.385 e. The first-order chi connectivity index (χ1) is 8.81. The predicted molar refractivity (Wildman–Crippen MR) is 70.9 cm³/mol. The van der Waals surface area contributed by atoms with E-state index in [1.165, 1.54) is 0 Å². The molecule has 0 spiro atoms. The van der Waals surface area contributed by atoms with Crippen molar-refractivity contribution in [3.05, 3.63) is 29.8 Å². The Kier molecular flexibility index (Phi) is 4.71. The van der Waals surface area contributed by atoms with Crippen molar-refractivity contribution in [2.45, 2.75) is 26.4 Å². The summed E-state index contributed by atoms with van der Waals surface area (Å²) in [5, 5.41) is 0. The van der Waals surface area contributed by atoms with E-state index in [-0.39, 0.29) is 0 Å². The van der Waals surface area contributed by atoms with Crippen LogP contribution in [0.25, 0.3) is 0 Å². The molecule has 0 fully saturated rings. The van der Waals surface area contributed by atoms with Crippen molar-refractivity contribution in [1.82, 2.24) is 0 Å². The molecule has 0 unspecified atom stereocenters. The first kappa shape index (κ1) is 14.8. The number of rotatable bonds is 2. The van der Waals surface area contributed by atoms with Gasteiger partial charge in [-0.3, -0.25) is 4.79 Å². The Hall–Kier alpha value is -2.28. The Morgan fingerprint density at radius 1 is 1.05 bits per heavy atom. The van der Waals surface area contributed by atoms with E-state index in [1.54, 1.807) is 52.1 Å². The minimum atomic E-state index is -0.714. The number of hydrogen-bond acceptors (Lipinski definition) is 4. The van der Waals surface area contributed by atoms with Crippen LogP contribution in [0.3, 0.4) is 0 Å². The van der Waals surface area contributed by atoms with Crippen LogP contribution in [0.1, 0.15) is 31.1 Å². The Bertz CT molecular complexity index is 524. The lowest BCUT2D eigenvalue weighted by molar-refractivity contribution is -0.147. The van der Waals surface area contributed by atoms with E-state index < -0.39 is 17.4 Å². The lowest BCUT2D eigenvalue weighted by Crippen LogP contribution is -2.22. The van der Waals surface area contributed by atoms with Crippen LogP contribution in [0.4, 0.5) is 0 Å². The van der Waals surface area contributed by atoms with E-state index in [4.69, 9.17) is 9.47 Å². The molecule has 0 saturated carbocycles. The number of ether oxygens (including phenoxy) is 2. The van der Waals surface area contributed by atoms with Gasteiger partial charge in [-0.05, 0) is 51.0 Å². The molecule has 1 aromatic carbocycles. The molecule has 4 nitrogen and oxygen atoms in total. The highest BCUT2D eigenvalue weighted by atomic mass is 16.6. The summed E-state index contributed by atoms with van der Waals surface area (Å²) in [4.78, 5) is 23.0. The number of ketones is 1. The van der Waals surface area contributed by atoms with Crippen LogP contribution in [0.2, 0.25) is 0 Å². The zero-order valence-corrected chi connectivity index (χ0v) is 11.4. The molecular weight excluding hydrogens is 244 g/mol. The average Bonchev–Trinajstić information content (AvgIpc) is 2.34. The molecule has 0 atom stereocenters. The van der Waals surface area contributed by atoms with Crippen molar-refractivity contribution in [3.63, 3.8) is 0 Å². The van der Waals surface area contributed by atoms with Gasteiger partial charge in [-0.2, -0.15) is 0 Å². The van der Waals surface area contributed by atoms with Crippen molar-refractivity contribution in [2.24, 2.45) is 0 Å². The number of Topliss-reactive ketones (excluding diaryl/α,β-unsaturated/α-hetero) is 1. The fourth-order valence-electron chi connectivity index (χ4n) is 1.23. The fraction of sp³-hybridized carbons (Fsp3) is 0.333. The number of hydrogen-bond donors (Lipinski definition) is 0. The van der Waals surface area contributed by atoms with Gasteiger partial charge in [0.2, 0.25) is 5.78 Å². The van der Waals surface area contributed by atoms with Gasteiger partial charge in [0.15, 0.2) is 0 Å². The molecular formula is C15H16O4. The van der Waals surface area contributed by atoms with Gasteiger partial charge in [0.25, 0.3) is 0 Å². The van der Waals surface area contributed by atoms with E-state index in [9.17, 15) is 9.59 Å². The molecule has 100 valence electrons. The van der Waals surface area contributed by atoms with Gasteiger partial charge in [-0.15, -0.1) is 0 Å². The molecule has 0 N–H and O–H groups in total. The summed E-state index contributed by atoms with van der Waals surface area (Å²) in [7, 11) is 1.54. The van der Waals surface area contributed by atoms with Crippen LogP contribution in [0.5, 0.6) is 5.75 Å². The quantitative estimate of drug-likeness (QED) is 0.269. The molecule has 4 heteroatoms. The van der Waals surface area contributed by atoms with E-state index in [2.05, 4.69) is 11.8 Å². The minimum Gasteiger partial charge on any atom is -0.497 e. The van der Waals surface area contributed by atoms with Gasteiger partial charge in [0, 0.05) is 11.5 Å². The van der Waals surface area contributed by atoms with Crippen LogP contribution in [-0.2, 0) is 9.53 Å². The maximum absolute atomic E-state index is 11.7. The van der Waals surface area contributed by atoms with Gasteiger partial charge in [-0.25, -0.2) is 4.79 Å². The third-order valence-corrected chi connectivity index (χ3v) is 2.03. The number of carbonyl (C=O) groups excluding carboxylic acids is 2. The molecule has 0 radical (unpaired) electrons. The molecule has 0 aliphatic rings. The minimum absolute atomic E-state index is 0.400. The number of carbonyl (C=O) groups is 2. The molecule has 1 aromatic rings. The summed E-state index contributed by atoms with van der Waals surface area (Å²) in [6.07, 6.45) is 0. The molecule has 0 aromatic heterocycles. The maximum atomic E-state index is 11.7. The summed E-state index contributed by atoms with van der Waals surface area (Å²) in [5.41, 5.74) is -0.216. The summed E-state index contributed by atoms with van der Waals surface area (Å²) >= 11 is 0. The largest absolute Gasteiger partial charge is 0.497 e. The number of methoxy groups -OCH3 is 1. The summed E-state index contributed by atoms with van der Waals surface area (Å²) in [6.45, 7) is 5.20. The lowest BCUT2D eigenvalue weighted by Gasteiger charge is -2.16. The number of esters is 1. The molecule has 0 aliphatic carbocycles. The van der Waals surface area contributed by atoms with Crippen molar-refractivity contribution in [2.75, 3.05) is 7.11 Å². The van der Waals surface area contributed by atoms with Gasteiger partial charge in [0.05, 0.1) is 7.11 Å². The highest BCUT2D eigenvalue weighted by Crippen LogP contribution is 2.11. The van der Waals surface area contributed by atoms with Crippen LogP contribution in [0, 0.1) is 11.8 Å². The predicted octanol–water partition coefficient (Wildman–Crippen LogP) is 2.22. The molecule has 0 aliphatic heterocycles. The highest BCUT2D eigenvalue weighted by molar-refractivity contribution is 6.11.